The lowest BCUT2D eigenvalue weighted by atomic mass is 10.7. The summed E-state index contributed by atoms with van der Waals surface area (Å²) in [5.74, 6) is 0.509. The first-order valence-electron chi connectivity index (χ1n) is 2.35. The Morgan fingerprint density at radius 2 is 2.38 bits per heavy atom. The van der Waals surface area contributed by atoms with Crippen LogP contribution < -0.4 is 0 Å². The van der Waals surface area contributed by atoms with Gasteiger partial charge in [0.15, 0.2) is 0 Å². The molecule has 1 fully saturated rings. The Labute approximate surface area is 50.1 Å². The second kappa shape index (κ2) is 1.85. The average Bonchev–Trinajstić information content (AvgIpc) is 1.98. The van der Waals surface area contributed by atoms with Crippen LogP contribution in [0.5, 0.6) is 0 Å². The summed E-state index contributed by atoms with van der Waals surface area (Å²) >= 11 is 0. The Bertz CT molecular complexity index is 145. The molecule has 0 aromatic rings. The standard InChI is InChI=1S/C4H7NO2S/c1-5-2-3-8(7)4(5)6/h2-3H2,1H3. The van der Waals surface area contributed by atoms with Gasteiger partial charge in [-0.25, -0.2) is 4.21 Å². The van der Waals surface area contributed by atoms with Gasteiger partial charge in [0, 0.05) is 13.6 Å². The Hall–Kier alpha value is -0.380. The maximum absolute atomic E-state index is 10.5. The van der Waals surface area contributed by atoms with Crippen LogP contribution in [0.3, 0.4) is 0 Å². The molecule has 1 aliphatic heterocycles. The molecule has 0 aromatic heterocycles. The molecule has 46 valence electrons. The van der Waals surface area contributed by atoms with Crippen LogP contribution in [0.25, 0.3) is 0 Å². The van der Waals surface area contributed by atoms with Gasteiger partial charge >= 0.3 is 5.24 Å². The molecule has 1 amide bonds. The van der Waals surface area contributed by atoms with Crippen molar-refractivity contribution < 1.29 is 9.00 Å². The van der Waals surface area contributed by atoms with E-state index in [0.717, 1.165) is 0 Å². The minimum atomic E-state index is -1.21. The van der Waals surface area contributed by atoms with Gasteiger partial charge in [-0.2, -0.15) is 0 Å². The quantitative estimate of drug-likeness (QED) is 0.459. The van der Waals surface area contributed by atoms with Crippen molar-refractivity contribution in [3.8, 4) is 0 Å². The second-order valence-corrected chi connectivity index (χ2v) is 3.19. The van der Waals surface area contributed by atoms with Crippen molar-refractivity contribution in [3.05, 3.63) is 0 Å². The van der Waals surface area contributed by atoms with Crippen LogP contribution in [0.2, 0.25) is 0 Å². The second-order valence-electron chi connectivity index (χ2n) is 1.74. The fraction of sp³-hybridized carbons (Fsp3) is 0.750. The van der Waals surface area contributed by atoms with Gasteiger partial charge in [-0.05, 0) is 0 Å². The van der Waals surface area contributed by atoms with Gasteiger partial charge in [0.05, 0.1) is 5.75 Å². The summed E-state index contributed by atoms with van der Waals surface area (Å²) in [5, 5.41) is -0.231. The summed E-state index contributed by atoms with van der Waals surface area (Å²) in [5.41, 5.74) is 0. The van der Waals surface area contributed by atoms with Gasteiger partial charge < -0.3 is 4.90 Å². The Morgan fingerprint density at radius 1 is 1.75 bits per heavy atom. The molecule has 1 heterocycles. The van der Waals surface area contributed by atoms with Crippen molar-refractivity contribution >= 4 is 16.0 Å². The molecule has 1 atom stereocenters. The summed E-state index contributed by atoms with van der Waals surface area (Å²) in [6, 6.07) is 0. The molecular weight excluding hydrogens is 126 g/mol. The minimum Gasteiger partial charge on any atom is -0.334 e. The first-order chi connectivity index (χ1) is 3.72. The number of hydrogen-bond donors (Lipinski definition) is 0. The Morgan fingerprint density at radius 3 is 2.50 bits per heavy atom. The van der Waals surface area contributed by atoms with E-state index < -0.39 is 10.8 Å². The monoisotopic (exact) mass is 133 g/mol. The third-order valence-electron chi connectivity index (χ3n) is 1.12. The van der Waals surface area contributed by atoms with Crippen LogP contribution in [-0.2, 0) is 10.8 Å². The Kier molecular flexibility index (Phi) is 1.33. The highest BCUT2D eigenvalue weighted by Crippen LogP contribution is 2.02. The van der Waals surface area contributed by atoms with Gasteiger partial charge in [-0.15, -0.1) is 0 Å². The van der Waals surface area contributed by atoms with E-state index in [-0.39, 0.29) is 5.24 Å². The molecular formula is C4H7NO2S. The third kappa shape index (κ3) is 0.753. The number of carbonyl (C=O) groups is 1. The molecule has 1 aliphatic rings. The number of amides is 1. The zero-order valence-electron chi connectivity index (χ0n) is 4.59. The van der Waals surface area contributed by atoms with Crippen molar-refractivity contribution in [3.63, 3.8) is 0 Å². The van der Waals surface area contributed by atoms with Crippen LogP contribution in [0.1, 0.15) is 0 Å². The highest BCUT2D eigenvalue weighted by Gasteiger charge is 2.23. The molecule has 0 N–H and O–H groups in total. The fourth-order valence-corrected chi connectivity index (χ4v) is 1.63. The number of rotatable bonds is 0. The van der Waals surface area contributed by atoms with E-state index in [1.807, 2.05) is 0 Å². The molecule has 1 saturated heterocycles. The zero-order valence-corrected chi connectivity index (χ0v) is 5.40. The summed E-state index contributed by atoms with van der Waals surface area (Å²) in [6.07, 6.45) is 0. The van der Waals surface area contributed by atoms with Crippen molar-refractivity contribution in [1.29, 1.82) is 0 Å². The molecule has 0 aromatic carbocycles. The summed E-state index contributed by atoms with van der Waals surface area (Å²) in [7, 11) is 0.449. The predicted octanol–water partition coefficient (Wildman–Crippen LogP) is -0.199. The SMILES string of the molecule is CN1CCS(=O)C1=O. The average molecular weight is 133 g/mol. The van der Waals surface area contributed by atoms with Gasteiger partial charge in [0.25, 0.3) is 0 Å². The highest BCUT2D eigenvalue weighted by atomic mass is 32.2. The van der Waals surface area contributed by atoms with Crippen LogP contribution in [0, 0.1) is 0 Å². The first-order valence-corrected chi connectivity index (χ1v) is 3.67. The molecule has 1 unspecified atom stereocenters. The zero-order chi connectivity index (χ0) is 6.15. The number of nitrogens with zero attached hydrogens (tertiary/aromatic N) is 1. The lowest BCUT2D eigenvalue weighted by Crippen LogP contribution is -2.18. The smallest absolute Gasteiger partial charge is 0.311 e. The van der Waals surface area contributed by atoms with Crippen LogP contribution >= 0.6 is 0 Å². The molecule has 0 radical (unpaired) electrons. The first kappa shape index (κ1) is 5.75. The van der Waals surface area contributed by atoms with E-state index in [4.69, 9.17) is 0 Å². The molecule has 0 aliphatic carbocycles. The van der Waals surface area contributed by atoms with E-state index in [1.165, 1.54) is 4.90 Å². The maximum atomic E-state index is 10.5. The van der Waals surface area contributed by atoms with E-state index in [0.29, 0.717) is 12.3 Å². The fourth-order valence-electron chi connectivity index (χ4n) is 0.572. The third-order valence-corrected chi connectivity index (χ3v) is 2.37. The topological polar surface area (TPSA) is 37.4 Å². The van der Waals surface area contributed by atoms with Crippen LogP contribution in [0.15, 0.2) is 0 Å². The summed E-state index contributed by atoms with van der Waals surface area (Å²) < 4.78 is 10.5. The van der Waals surface area contributed by atoms with Crippen molar-refractivity contribution in [1.82, 2.24) is 4.90 Å². The van der Waals surface area contributed by atoms with E-state index in [2.05, 4.69) is 0 Å². The lowest BCUT2D eigenvalue weighted by molar-refractivity contribution is 0.238. The van der Waals surface area contributed by atoms with Crippen molar-refractivity contribution in [2.45, 2.75) is 0 Å². The van der Waals surface area contributed by atoms with Crippen LogP contribution in [-0.4, -0.2) is 33.7 Å². The molecule has 0 bridgehead atoms. The normalized spacial score (nSPS) is 29.4. The van der Waals surface area contributed by atoms with Crippen molar-refractivity contribution in [2.75, 3.05) is 19.3 Å². The number of hydrogen-bond acceptors (Lipinski definition) is 2. The minimum absolute atomic E-state index is 0.231. The maximum Gasteiger partial charge on any atom is 0.311 e. The van der Waals surface area contributed by atoms with Gasteiger partial charge in [0.2, 0.25) is 0 Å². The molecule has 0 spiro atoms. The van der Waals surface area contributed by atoms with Gasteiger partial charge in [0.1, 0.15) is 10.8 Å². The Balaban J connectivity index is 2.71. The predicted molar refractivity (Wildman–Crippen MR) is 31.0 cm³/mol. The van der Waals surface area contributed by atoms with E-state index in [9.17, 15) is 9.00 Å². The van der Waals surface area contributed by atoms with Gasteiger partial charge in [-0.3, -0.25) is 4.79 Å². The molecule has 3 nitrogen and oxygen atoms in total. The summed E-state index contributed by atoms with van der Waals surface area (Å²) in [6.45, 7) is 0.644. The molecule has 4 heteroatoms. The lowest BCUT2D eigenvalue weighted by Gasteiger charge is -2.01. The highest BCUT2D eigenvalue weighted by molar-refractivity contribution is 8.00. The van der Waals surface area contributed by atoms with Crippen molar-refractivity contribution in [2.24, 2.45) is 0 Å². The number of carbonyl (C=O) groups excluding carboxylic acids is 1. The van der Waals surface area contributed by atoms with Gasteiger partial charge in [-0.1, -0.05) is 0 Å². The molecule has 1 rings (SSSR count). The molecule has 8 heavy (non-hydrogen) atoms. The van der Waals surface area contributed by atoms with Crippen LogP contribution in [0.4, 0.5) is 4.79 Å². The van der Waals surface area contributed by atoms with E-state index >= 15 is 0 Å². The largest absolute Gasteiger partial charge is 0.334 e. The molecule has 0 saturated carbocycles. The van der Waals surface area contributed by atoms with E-state index in [1.54, 1.807) is 7.05 Å². The summed E-state index contributed by atoms with van der Waals surface area (Å²) in [4.78, 5) is 12.0.